The van der Waals surface area contributed by atoms with E-state index in [-0.39, 0.29) is 5.54 Å². The average molecular weight is 270 g/mol. The van der Waals surface area contributed by atoms with Gasteiger partial charge in [-0.1, -0.05) is 20.8 Å². The Labute approximate surface area is 120 Å². The molecule has 1 saturated heterocycles. The third-order valence-electron chi connectivity index (χ3n) is 3.32. The van der Waals surface area contributed by atoms with Crippen molar-refractivity contribution in [3.05, 3.63) is 0 Å². The maximum absolute atomic E-state index is 6.14. The normalized spacial score (nSPS) is 25.3. The third-order valence-corrected chi connectivity index (χ3v) is 3.32. The highest BCUT2D eigenvalue weighted by atomic mass is 16.5. The van der Waals surface area contributed by atoms with Crippen molar-refractivity contribution in [1.82, 2.24) is 10.2 Å². The van der Waals surface area contributed by atoms with Crippen molar-refractivity contribution in [1.29, 1.82) is 0 Å². The van der Waals surface area contributed by atoms with Crippen LogP contribution in [0.25, 0.3) is 0 Å². The Kier molecular flexibility index (Phi) is 5.84. The third kappa shape index (κ3) is 7.91. The van der Waals surface area contributed by atoms with Crippen molar-refractivity contribution in [2.24, 2.45) is 5.41 Å². The molecular weight excluding hydrogens is 236 g/mol. The van der Waals surface area contributed by atoms with Gasteiger partial charge in [0.15, 0.2) is 0 Å². The van der Waals surface area contributed by atoms with E-state index in [1.807, 2.05) is 0 Å². The van der Waals surface area contributed by atoms with Crippen LogP contribution < -0.4 is 5.32 Å². The molecule has 1 aliphatic heterocycles. The van der Waals surface area contributed by atoms with E-state index >= 15 is 0 Å². The maximum atomic E-state index is 6.14. The van der Waals surface area contributed by atoms with Gasteiger partial charge in [0, 0.05) is 25.2 Å². The van der Waals surface area contributed by atoms with E-state index in [9.17, 15) is 0 Å². The van der Waals surface area contributed by atoms with Crippen LogP contribution in [-0.4, -0.2) is 49.3 Å². The minimum atomic E-state index is 0.185. The zero-order chi connectivity index (χ0) is 14.7. The second-order valence-corrected chi connectivity index (χ2v) is 8.35. The predicted molar refractivity (Wildman–Crippen MR) is 82.6 cm³/mol. The summed E-state index contributed by atoms with van der Waals surface area (Å²) < 4.78 is 6.14. The molecule has 0 aromatic heterocycles. The van der Waals surface area contributed by atoms with E-state index < -0.39 is 0 Å². The summed E-state index contributed by atoms with van der Waals surface area (Å²) in [7, 11) is 2.20. The molecule has 0 aromatic carbocycles. The lowest BCUT2D eigenvalue weighted by Crippen LogP contribution is -2.41. The van der Waals surface area contributed by atoms with E-state index in [4.69, 9.17) is 4.74 Å². The summed E-state index contributed by atoms with van der Waals surface area (Å²) in [5, 5.41) is 3.54. The van der Waals surface area contributed by atoms with Gasteiger partial charge in [-0.25, -0.2) is 0 Å². The first-order valence-corrected chi connectivity index (χ1v) is 7.64. The first kappa shape index (κ1) is 16.9. The Hall–Kier alpha value is -0.120. The van der Waals surface area contributed by atoms with E-state index in [1.165, 1.54) is 12.8 Å². The van der Waals surface area contributed by atoms with Crippen LogP contribution in [0.2, 0.25) is 0 Å². The smallest absolute Gasteiger partial charge is 0.0707 e. The molecule has 1 N–H and O–H groups in total. The van der Waals surface area contributed by atoms with Gasteiger partial charge in [0.05, 0.1) is 12.2 Å². The molecule has 0 saturated carbocycles. The lowest BCUT2D eigenvalue weighted by atomic mass is 9.96. The van der Waals surface area contributed by atoms with Crippen LogP contribution in [0.5, 0.6) is 0 Å². The zero-order valence-electron chi connectivity index (χ0n) is 14.0. The molecule has 2 unspecified atom stereocenters. The van der Waals surface area contributed by atoms with Crippen molar-refractivity contribution in [3.63, 3.8) is 0 Å². The Balaban J connectivity index is 2.25. The Morgan fingerprint density at radius 2 is 1.63 bits per heavy atom. The zero-order valence-corrected chi connectivity index (χ0v) is 14.0. The Bertz CT molecular complexity index is 265. The van der Waals surface area contributed by atoms with Crippen LogP contribution in [0.3, 0.4) is 0 Å². The van der Waals surface area contributed by atoms with Gasteiger partial charge in [-0.2, -0.15) is 0 Å². The molecule has 1 heterocycles. The highest BCUT2D eigenvalue weighted by Crippen LogP contribution is 2.22. The molecule has 1 rings (SSSR count). The fourth-order valence-electron chi connectivity index (χ4n) is 2.71. The molecule has 0 amide bonds. The second-order valence-electron chi connectivity index (χ2n) is 8.35. The summed E-state index contributed by atoms with van der Waals surface area (Å²) in [5.41, 5.74) is 0.547. The minimum Gasteiger partial charge on any atom is -0.372 e. The van der Waals surface area contributed by atoms with Crippen LogP contribution in [0, 0.1) is 5.41 Å². The fraction of sp³-hybridized carbons (Fsp3) is 1.00. The average Bonchev–Trinajstić information content (AvgIpc) is 2.58. The van der Waals surface area contributed by atoms with Gasteiger partial charge in [-0.05, 0) is 46.1 Å². The molecule has 0 aromatic rings. The number of ether oxygens (including phenoxy) is 1. The number of hydrogen-bond acceptors (Lipinski definition) is 3. The van der Waals surface area contributed by atoms with Crippen molar-refractivity contribution >= 4 is 0 Å². The van der Waals surface area contributed by atoms with Gasteiger partial charge < -0.3 is 15.0 Å². The highest BCUT2D eigenvalue weighted by molar-refractivity contribution is 4.81. The Morgan fingerprint density at radius 3 is 2.16 bits per heavy atom. The summed E-state index contributed by atoms with van der Waals surface area (Å²) >= 11 is 0. The molecule has 0 spiro atoms. The largest absolute Gasteiger partial charge is 0.372 e. The first-order valence-electron chi connectivity index (χ1n) is 7.64. The predicted octanol–water partition coefficient (Wildman–Crippen LogP) is 2.90. The van der Waals surface area contributed by atoms with Crippen LogP contribution in [0.15, 0.2) is 0 Å². The molecule has 0 bridgehead atoms. The molecular formula is C16H34N2O. The number of rotatable bonds is 5. The molecule has 0 aliphatic carbocycles. The van der Waals surface area contributed by atoms with Gasteiger partial charge in [-0.3, -0.25) is 0 Å². The molecule has 2 atom stereocenters. The van der Waals surface area contributed by atoms with Crippen molar-refractivity contribution in [2.45, 2.75) is 72.1 Å². The molecule has 1 fully saturated rings. The van der Waals surface area contributed by atoms with Crippen molar-refractivity contribution in [3.8, 4) is 0 Å². The van der Waals surface area contributed by atoms with E-state index in [0.29, 0.717) is 17.6 Å². The first-order chi connectivity index (χ1) is 8.55. The van der Waals surface area contributed by atoms with Gasteiger partial charge >= 0.3 is 0 Å². The number of hydrogen-bond donors (Lipinski definition) is 1. The van der Waals surface area contributed by atoms with Crippen molar-refractivity contribution in [2.75, 3.05) is 26.7 Å². The molecule has 0 radical (unpaired) electrons. The van der Waals surface area contributed by atoms with Crippen LogP contribution in [0.4, 0.5) is 0 Å². The number of likely N-dealkylation sites (N-methyl/N-ethyl adjacent to an activating group) is 1. The summed E-state index contributed by atoms with van der Waals surface area (Å²) in [4.78, 5) is 2.41. The van der Waals surface area contributed by atoms with Crippen LogP contribution >= 0.6 is 0 Å². The number of nitrogens with zero attached hydrogens (tertiary/aromatic N) is 1. The molecule has 114 valence electrons. The molecule has 1 aliphatic rings. The minimum absolute atomic E-state index is 0.185. The molecule has 19 heavy (non-hydrogen) atoms. The summed E-state index contributed by atoms with van der Waals surface area (Å²) in [6.45, 7) is 16.6. The summed E-state index contributed by atoms with van der Waals surface area (Å²) in [6.07, 6.45) is 3.20. The number of nitrogens with one attached hydrogen (secondary N) is 1. The van der Waals surface area contributed by atoms with Gasteiger partial charge in [-0.15, -0.1) is 0 Å². The highest BCUT2D eigenvalue weighted by Gasteiger charge is 2.27. The standard InChI is InChI=1S/C16H34N2O/c1-15(2,3)12-18(7)11-14-9-8-13(19-14)10-17-16(4,5)6/h13-14,17H,8-12H2,1-7H3. The van der Waals surface area contributed by atoms with E-state index in [0.717, 1.165) is 19.6 Å². The molecule has 3 heteroatoms. The van der Waals surface area contributed by atoms with E-state index in [2.05, 4.69) is 58.8 Å². The maximum Gasteiger partial charge on any atom is 0.0707 e. The lowest BCUT2D eigenvalue weighted by Gasteiger charge is -2.28. The monoisotopic (exact) mass is 270 g/mol. The summed E-state index contributed by atoms with van der Waals surface area (Å²) in [6, 6.07) is 0. The SMILES string of the molecule is CN(CC1CCC(CNC(C)(C)C)O1)CC(C)(C)C. The summed E-state index contributed by atoms with van der Waals surface area (Å²) in [5.74, 6) is 0. The Morgan fingerprint density at radius 1 is 1.05 bits per heavy atom. The van der Waals surface area contributed by atoms with Gasteiger partial charge in [0.2, 0.25) is 0 Å². The van der Waals surface area contributed by atoms with Crippen LogP contribution in [-0.2, 0) is 4.74 Å². The quantitative estimate of drug-likeness (QED) is 0.831. The molecule has 3 nitrogen and oxygen atoms in total. The second kappa shape index (κ2) is 6.55. The van der Waals surface area contributed by atoms with Crippen LogP contribution in [0.1, 0.15) is 54.4 Å². The lowest BCUT2D eigenvalue weighted by molar-refractivity contribution is 0.0207. The fourth-order valence-corrected chi connectivity index (χ4v) is 2.71. The van der Waals surface area contributed by atoms with Crippen molar-refractivity contribution < 1.29 is 4.74 Å². The van der Waals surface area contributed by atoms with Gasteiger partial charge in [0.1, 0.15) is 0 Å². The topological polar surface area (TPSA) is 24.5 Å². The van der Waals surface area contributed by atoms with Gasteiger partial charge in [0.25, 0.3) is 0 Å². The van der Waals surface area contributed by atoms with E-state index in [1.54, 1.807) is 0 Å².